The van der Waals surface area contributed by atoms with E-state index in [1.165, 1.54) is 5.56 Å². The summed E-state index contributed by atoms with van der Waals surface area (Å²) < 4.78 is 5.01. The van der Waals surface area contributed by atoms with Crippen LogP contribution in [0.15, 0.2) is 30.3 Å². The largest absolute Gasteiger partial charge is 0.379 e. The standard InChI is InChI=1S/C11H13NO.C4H9NO/c13-11-8-10(6-7-12-11)9-4-2-1-3-5-9;1-3-6-4-2-5-1/h1-5,10H,6-8H2,(H,12,13);5H,1-4H2. The third kappa shape index (κ3) is 5.01. The maximum Gasteiger partial charge on any atom is 0.220 e. The molecule has 4 heteroatoms. The molecule has 0 spiro atoms. The van der Waals surface area contributed by atoms with Gasteiger partial charge in [0.2, 0.25) is 5.91 Å². The molecule has 2 fully saturated rings. The molecule has 4 nitrogen and oxygen atoms in total. The van der Waals surface area contributed by atoms with Crippen LogP contribution in [0.2, 0.25) is 0 Å². The number of carbonyl (C=O) groups excluding carboxylic acids is 1. The fourth-order valence-corrected chi connectivity index (χ4v) is 2.31. The number of piperidine rings is 1. The van der Waals surface area contributed by atoms with Gasteiger partial charge in [0.05, 0.1) is 13.2 Å². The van der Waals surface area contributed by atoms with E-state index >= 15 is 0 Å². The van der Waals surface area contributed by atoms with Crippen molar-refractivity contribution in [2.75, 3.05) is 32.8 Å². The van der Waals surface area contributed by atoms with Crippen LogP contribution < -0.4 is 10.6 Å². The Labute approximate surface area is 114 Å². The zero-order valence-electron chi connectivity index (χ0n) is 11.2. The Kier molecular flexibility index (Phi) is 5.85. The van der Waals surface area contributed by atoms with Gasteiger partial charge in [-0.2, -0.15) is 0 Å². The first kappa shape index (κ1) is 14.0. The molecule has 1 unspecified atom stereocenters. The smallest absolute Gasteiger partial charge is 0.220 e. The molecular formula is C15H22N2O2. The molecule has 104 valence electrons. The highest BCUT2D eigenvalue weighted by atomic mass is 16.5. The van der Waals surface area contributed by atoms with Crippen molar-refractivity contribution in [2.45, 2.75) is 18.8 Å². The van der Waals surface area contributed by atoms with E-state index in [1.54, 1.807) is 0 Å². The van der Waals surface area contributed by atoms with Crippen LogP contribution in [0, 0.1) is 0 Å². The van der Waals surface area contributed by atoms with Gasteiger partial charge in [0.1, 0.15) is 0 Å². The molecule has 0 saturated carbocycles. The second-order valence-corrected chi connectivity index (χ2v) is 4.81. The van der Waals surface area contributed by atoms with Crippen molar-refractivity contribution in [3.05, 3.63) is 35.9 Å². The van der Waals surface area contributed by atoms with Gasteiger partial charge in [0, 0.05) is 26.1 Å². The number of nitrogens with one attached hydrogen (secondary N) is 2. The average Bonchev–Trinajstić information content (AvgIpc) is 2.51. The summed E-state index contributed by atoms with van der Waals surface area (Å²) >= 11 is 0. The van der Waals surface area contributed by atoms with Gasteiger partial charge in [-0.1, -0.05) is 30.3 Å². The summed E-state index contributed by atoms with van der Waals surface area (Å²) in [5, 5.41) is 6.00. The summed E-state index contributed by atoms with van der Waals surface area (Å²) in [7, 11) is 0. The Morgan fingerprint density at radius 2 is 1.79 bits per heavy atom. The van der Waals surface area contributed by atoms with E-state index in [1.807, 2.05) is 18.2 Å². The van der Waals surface area contributed by atoms with Crippen molar-refractivity contribution < 1.29 is 9.53 Å². The van der Waals surface area contributed by atoms with Crippen LogP contribution in [0.5, 0.6) is 0 Å². The lowest BCUT2D eigenvalue weighted by molar-refractivity contribution is -0.122. The topological polar surface area (TPSA) is 50.4 Å². The maximum absolute atomic E-state index is 11.1. The highest BCUT2D eigenvalue weighted by Gasteiger charge is 2.19. The van der Waals surface area contributed by atoms with Crippen LogP contribution in [0.25, 0.3) is 0 Å². The molecule has 2 heterocycles. The average molecular weight is 262 g/mol. The Balaban J connectivity index is 0.000000186. The minimum atomic E-state index is 0.181. The molecule has 1 aromatic rings. The number of hydrogen-bond acceptors (Lipinski definition) is 3. The monoisotopic (exact) mass is 262 g/mol. The number of hydrogen-bond donors (Lipinski definition) is 2. The fraction of sp³-hybridized carbons (Fsp3) is 0.533. The minimum Gasteiger partial charge on any atom is -0.379 e. The molecule has 2 aliphatic rings. The predicted octanol–water partition coefficient (Wildman–Crippen LogP) is 1.29. The van der Waals surface area contributed by atoms with Gasteiger partial charge in [-0.25, -0.2) is 0 Å². The van der Waals surface area contributed by atoms with E-state index in [0.29, 0.717) is 12.3 Å². The molecule has 3 rings (SSSR count). The summed E-state index contributed by atoms with van der Waals surface area (Å²) in [6.07, 6.45) is 1.71. The van der Waals surface area contributed by atoms with Gasteiger partial charge in [0.15, 0.2) is 0 Å². The zero-order valence-corrected chi connectivity index (χ0v) is 11.2. The summed E-state index contributed by atoms with van der Waals surface area (Å²) in [5.41, 5.74) is 1.29. The minimum absolute atomic E-state index is 0.181. The lowest BCUT2D eigenvalue weighted by Crippen LogP contribution is -2.32. The number of rotatable bonds is 1. The Morgan fingerprint density at radius 3 is 2.32 bits per heavy atom. The second-order valence-electron chi connectivity index (χ2n) is 4.81. The van der Waals surface area contributed by atoms with E-state index in [2.05, 4.69) is 22.8 Å². The molecule has 1 aromatic carbocycles. The maximum atomic E-state index is 11.1. The third-order valence-electron chi connectivity index (χ3n) is 3.36. The predicted molar refractivity (Wildman–Crippen MR) is 75.1 cm³/mol. The first-order chi connectivity index (χ1) is 9.36. The summed E-state index contributed by atoms with van der Waals surface area (Å²) in [6, 6.07) is 10.3. The van der Waals surface area contributed by atoms with Crippen molar-refractivity contribution in [3.8, 4) is 0 Å². The van der Waals surface area contributed by atoms with E-state index < -0.39 is 0 Å². The van der Waals surface area contributed by atoms with Gasteiger partial charge < -0.3 is 15.4 Å². The fourth-order valence-electron chi connectivity index (χ4n) is 2.31. The normalized spacial score (nSPS) is 22.9. The van der Waals surface area contributed by atoms with Crippen LogP contribution in [-0.2, 0) is 9.53 Å². The van der Waals surface area contributed by atoms with E-state index in [-0.39, 0.29) is 5.91 Å². The second kappa shape index (κ2) is 7.92. The summed E-state index contributed by atoms with van der Waals surface area (Å²) in [4.78, 5) is 11.1. The van der Waals surface area contributed by atoms with Crippen LogP contribution in [0.4, 0.5) is 0 Å². The SMILES string of the molecule is C1COCCN1.O=C1CC(c2ccccc2)CCN1. The zero-order chi connectivity index (χ0) is 13.3. The van der Waals surface area contributed by atoms with Gasteiger partial charge in [0.25, 0.3) is 0 Å². The van der Waals surface area contributed by atoms with Crippen molar-refractivity contribution in [1.82, 2.24) is 10.6 Å². The number of benzene rings is 1. The highest BCUT2D eigenvalue weighted by Crippen LogP contribution is 2.24. The molecule has 1 atom stereocenters. The first-order valence-electron chi connectivity index (χ1n) is 6.96. The quantitative estimate of drug-likeness (QED) is 0.802. The van der Waals surface area contributed by atoms with Crippen molar-refractivity contribution in [3.63, 3.8) is 0 Å². The highest BCUT2D eigenvalue weighted by molar-refractivity contribution is 5.77. The van der Waals surface area contributed by atoms with Crippen LogP contribution in [-0.4, -0.2) is 38.8 Å². The molecule has 0 aliphatic carbocycles. The van der Waals surface area contributed by atoms with Crippen molar-refractivity contribution >= 4 is 5.91 Å². The molecular weight excluding hydrogens is 240 g/mol. The Bertz CT molecular complexity index is 365. The van der Waals surface area contributed by atoms with Gasteiger partial charge >= 0.3 is 0 Å². The van der Waals surface area contributed by atoms with Crippen LogP contribution in [0.1, 0.15) is 24.3 Å². The van der Waals surface area contributed by atoms with Gasteiger partial charge in [-0.05, 0) is 17.9 Å². The molecule has 0 radical (unpaired) electrons. The Hall–Kier alpha value is -1.39. The first-order valence-corrected chi connectivity index (χ1v) is 6.96. The van der Waals surface area contributed by atoms with Crippen molar-refractivity contribution in [2.24, 2.45) is 0 Å². The number of morpholine rings is 1. The van der Waals surface area contributed by atoms with Gasteiger partial charge in [-0.15, -0.1) is 0 Å². The van der Waals surface area contributed by atoms with E-state index in [9.17, 15) is 4.79 Å². The van der Waals surface area contributed by atoms with Gasteiger partial charge in [-0.3, -0.25) is 4.79 Å². The van der Waals surface area contributed by atoms with Crippen LogP contribution >= 0.6 is 0 Å². The van der Waals surface area contributed by atoms with Crippen molar-refractivity contribution in [1.29, 1.82) is 0 Å². The molecule has 19 heavy (non-hydrogen) atoms. The molecule has 2 N–H and O–H groups in total. The molecule has 0 bridgehead atoms. The van der Waals surface area contributed by atoms with Crippen LogP contribution in [0.3, 0.4) is 0 Å². The van der Waals surface area contributed by atoms with E-state index in [4.69, 9.17) is 4.74 Å². The van der Waals surface area contributed by atoms with E-state index in [0.717, 1.165) is 39.3 Å². The number of amides is 1. The lowest BCUT2D eigenvalue weighted by atomic mass is 9.90. The molecule has 0 aromatic heterocycles. The summed E-state index contributed by atoms with van der Waals surface area (Å²) in [5.74, 6) is 0.607. The molecule has 2 aliphatic heterocycles. The lowest BCUT2D eigenvalue weighted by Gasteiger charge is -2.22. The molecule has 2 saturated heterocycles. The Morgan fingerprint density at radius 1 is 1.05 bits per heavy atom. The third-order valence-corrected chi connectivity index (χ3v) is 3.36. The summed E-state index contributed by atoms with van der Waals surface area (Å²) in [6.45, 7) is 4.65. The molecule has 1 amide bonds. The number of carbonyl (C=O) groups is 1. The number of ether oxygens (including phenoxy) is 1.